The van der Waals surface area contributed by atoms with Crippen LogP contribution in [0.3, 0.4) is 0 Å². The number of carbonyl (C=O) groups is 1. The molecular weight excluding hydrogens is 202 g/mol. The molecule has 0 aliphatic heterocycles. The summed E-state index contributed by atoms with van der Waals surface area (Å²) in [7, 11) is 0. The van der Waals surface area contributed by atoms with E-state index < -0.39 is 0 Å². The predicted molar refractivity (Wildman–Crippen MR) is 64.3 cm³/mol. The Hall–Kier alpha value is -1.25. The number of carbonyl (C=O) groups excluding carboxylic acids is 1. The average Bonchev–Trinajstić information content (AvgIpc) is 2.66. The lowest BCUT2D eigenvalue weighted by Crippen LogP contribution is -2.36. The van der Waals surface area contributed by atoms with Crippen LogP contribution < -0.4 is 0 Å². The summed E-state index contributed by atoms with van der Waals surface area (Å²) in [6.07, 6.45) is 3.05. The van der Waals surface area contributed by atoms with E-state index in [0.717, 1.165) is 13.1 Å². The molecule has 1 rings (SSSR count). The minimum absolute atomic E-state index is 0.0659. The molecule has 1 aromatic rings. The molecule has 0 fully saturated rings. The average molecular weight is 223 g/mol. The van der Waals surface area contributed by atoms with E-state index in [-0.39, 0.29) is 5.91 Å². The normalized spacial score (nSPS) is 11.1. The SMILES string of the molecule is CC(C)CN(CC(C)C)C(=O)c1ccoc1. The fraction of sp³-hybridized carbons (Fsp3) is 0.615. The van der Waals surface area contributed by atoms with Crippen molar-refractivity contribution < 1.29 is 9.21 Å². The second-order valence-corrected chi connectivity index (χ2v) is 5.01. The van der Waals surface area contributed by atoms with Gasteiger partial charge in [0, 0.05) is 13.1 Å². The van der Waals surface area contributed by atoms with Crippen LogP contribution in [0.2, 0.25) is 0 Å². The monoisotopic (exact) mass is 223 g/mol. The summed E-state index contributed by atoms with van der Waals surface area (Å²) in [4.78, 5) is 14.0. The zero-order valence-electron chi connectivity index (χ0n) is 10.6. The molecule has 0 spiro atoms. The van der Waals surface area contributed by atoms with Crippen molar-refractivity contribution in [3.63, 3.8) is 0 Å². The largest absolute Gasteiger partial charge is 0.472 e. The molecule has 0 bridgehead atoms. The third-order valence-corrected chi connectivity index (χ3v) is 2.23. The van der Waals surface area contributed by atoms with Crippen molar-refractivity contribution in [1.29, 1.82) is 0 Å². The van der Waals surface area contributed by atoms with Crippen LogP contribution >= 0.6 is 0 Å². The second kappa shape index (κ2) is 5.73. The molecule has 3 heteroatoms. The quantitative estimate of drug-likeness (QED) is 0.768. The van der Waals surface area contributed by atoms with E-state index in [1.165, 1.54) is 12.5 Å². The molecule has 3 nitrogen and oxygen atoms in total. The lowest BCUT2D eigenvalue weighted by molar-refractivity contribution is 0.0714. The van der Waals surface area contributed by atoms with Crippen LogP contribution in [0.25, 0.3) is 0 Å². The van der Waals surface area contributed by atoms with Crippen LogP contribution in [0.5, 0.6) is 0 Å². The molecule has 0 aromatic carbocycles. The van der Waals surface area contributed by atoms with Gasteiger partial charge in [-0.25, -0.2) is 0 Å². The van der Waals surface area contributed by atoms with Gasteiger partial charge in [0.1, 0.15) is 6.26 Å². The standard InChI is InChI=1S/C13H21NO2/c1-10(2)7-14(8-11(3)4)13(15)12-5-6-16-9-12/h5-6,9-11H,7-8H2,1-4H3. The highest BCUT2D eigenvalue weighted by molar-refractivity contribution is 5.93. The van der Waals surface area contributed by atoms with Gasteiger partial charge in [-0.05, 0) is 17.9 Å². The van der Waals surface area contributed by atoms with Gasteiger partial charge in [-0.3, -0.25) is 4.79 Å². The highest BCUT2D eigenvalue weighted by atomic mass is 16.3. The highest BCUT2D eigenvalue weighted by Gasteiger charge is 2.18. The zero-order valence-corrected chi connectivity index (χ0v) is 10.6. The van der Waals surface area contributed by atoms with Gasteiger partial charge in [0.15, 0.2) is 0 Å². The topological polar surface area (TPSA) is 33.5 Å². The van der Waals surface area contributed by atoms with E-state index in [4.69, 9.17) is 4.42 Å². The third-order valence-electron chi connectivity index (χ3n) is 2.23. The van der Waals surface area contributed by atoms with Crippen LogP contribution in [0.1, 0.15) is 38.1 Å². The molecule has 90 valence electrons. The Balaban J connectivity index is 2.71. The molecule has 0 unspecified atom stereocenters. The molecule has 1 aromatic heterocycles. The van der Waals surface area contributed by atoms with Gasteiger partial charge >= 0.3 is 0 Å². The van der Waals surface area contributed by atoms with Gasteiger partial charge in [0.05, 0.1) is 11.8 Å². The Morgan fingerprint density at radius 3 is 2.19 bits per heavy atom. The smallest absolute Gasteiger partial charge is 0.257 e. The second-order valence-electron chi connectivity index (χ2n) is 5.01. The fourth-order valence-electron chi connectivity index (χ4n) is 1.69. The van der Waals surface area contributed by atoms with E-state index in [1.807, 2.05) is 4.90 Å². The van der Waals surface area contributed by atoms with E-state index >= 15 is 0 Å². The van der Waals surface area contributed by atoms with Gasteiger partial charge in [0.2, 0.25) is 0 Å². The van der Waals surface area contributed by atoms with E-state index in [0.29, 0.717) is 17.4 Å². The molecule has 0 atom stereocenters. The van der Waals surface area contributed by atoms with Gasteiger partial charge in [-0.2, -0.15) is 0 Å². The minimum atomic E-state index is 0.0659. The third kappa shape index (κ3) is 3.72. The summed E-state index contributed by atoms with van der Waals surface area (Å²) in [6, 6.07) is 1.72. The summed E-state index contributed by atoms with van der Waals surface area (Å²) < 4.78 is 4.95. The van der Waals surface area contributed by atoms with Crippen molar-refractivity contribution in [2.24, 2.45) is 11.8 Å². The summed E-state index contributed by atoms with van der Waals surface area (Å²) >= 11 is 0. The van der Waals surface area contributed by atoms with Crippen molar-refractivity contribution in [1.82, 2.24) is 4.90 Å². The molecule has 0 radical (unpaired) electrons. The maximum absolute atomic E-state index is 12.1. The van der Waals surface area contributed by atoms with Crippen LogP contribution in [0, 0.1) is 11.8 Å². The first kappa shape index (κ1) is 12.8. The maximum Gasteiger partial charge on any atom is 0.257 e. The summed E-state index contributed by atoms with van der Waals surface area (Å²) in [6.45, 7) is 10.1. The minimum Gasteiger partial charge on any atom is -0.472 e. The van der Waals surface area contributed by atoms with E-state index in [2.05, 4.69) is 27.7 Å². The Morgan fingerprint density at radius 2 is 1.81 bits per heavy atom. The van der Waals surface area contributed by atoms with Crippen molar-refractivity contribution >= 4 is 5.91 Å². The molecule has 16 heavy (non-hydrogen) atoms. The van der Waals surface area contributed by atoms with E-state index in [9.17, 15) is 4.79 Å². The number of rotatable bonds is 5. The number of hydrogen-bond donors (Lipinski definition) is 0. The Bertz CT molecular complexity index is 305. The van der Waals surface area contributed by atoms with Crippen LogP contribution in [-0.4, -0.2) is 23.9 Å². The zero-order chi connectivity index (χ0) is 12.1. The Kier molecular flexibility index (Phi) is 4.59. The number of nitrogens with zero attached hydrogens (tertiary/aromatic N) is 1. The first-order valence-electron chi connectivity index (χ1n) is 5.82. The molecule has 0 N–H and O–H groups in total. The summed E-state index contributed by atoms with van der Waals surface area (Å²) in [5.74, 6) is 1.03. The fourth-order valence-corrected chi connectivity index (χ4v) is 1.69. The Labute approximate surface area is 97.4 Å². The van der Waals surface area contributed by atoms with Gasteiger partial charge in [0.25, 0.3) is 5.91 Å². The number of amides is 1. The lowest BCUT2D eigenvalue weighted by atomic mass is 10.1. The first-order chi connectivity index (χ1) is 7.50. The summed E-state index contributed by atoms with van der Waals surface area (Å²) in [5.41, 5.74) is 0.640. The molecule has 0 saturated heterocycles. The molecule has 0 saturated carbocycles. The van der Waals surface area contributed by atoms with Crippen molar-refractivity contribution in [3.8, 4) is 0 Å². The van der Waals surface area contributed by atoms with Gasteiger partial charge in [-0.1, -0.05) is 27.7 Å². The van der Waals surface area contributed by atoms with Crippen LogP contribution in [-0.2, 0) is 0 Å². The highest BCUT2D eigenvalue weighted by Crippen LogP contribution is 2.10. The van der Waals surface area contributed by atoms with E-state index in [1.54, 1.807) is 6.07 Å². The van der Waals surface area contributed by atoms with Crippen LogP contribution in [0.15, 0.2) is 23.0 Å². The van der Waals surface area contributed by atoms with Gasteiger partial charge in [-0.15, -0.1) is 0 Å². The molecule has 0 aliphatic carbocycles. The first-order valence-corrected chi connectivity index (χ1v) is 5.82. The maximum atomic E-state index is 12.1. The van der Waals surface area contributed by atoms with Gasteiger partial charge < -0.3 is 9.32 Å². The van der Waals surface area contributed by atoms with Crippen LogP contribution in [0.4, 0.5) is 0 Å². The van der Waals surface area contributed by atoms with Crippen molar-refractivity contribution in [2.45, 2.75) is 27.7 Å². The number of hydrogen-bond acceptors (Lipinski definition) is 2. The molecule has 1 heterocycles. The van der Waals surface area contributed by atoms with Crippen molar-refractivity contribution in [2.75, 3.05) is 13.1 Å². The Morgan fingerprint density at radius 1 is 1.25 bits per heavy atom. The molecular formula is C13H21NO2. The predicted octanol–water partition coefficient (Wildman–Crippen LogP) is 3.03. The summed E-state index contributed by atoms with van der Waals surface area (Å²) in [5, 5.41) is 0. The molecule has 0 aliphatic rings. The number of furan rings is 1. The molecule has 1 amide bonds. The lowest BCUT2D eigenvalue weighted by Gasteiger charge is -2.25. The van der Waals surface area contributed by atoms with Crippen molar-refractivity contribution in [3.05, 3.63) is 24.2 Å².